The fourth-order valence-corrected chi connectivity index (χ4v) is 0.800. The lowest BCUT2D eigenvalue weighted by Crippen LogP contribution is -2.36. The van der Waals surface area contributed by atoms with Gasteiger partial charge in [0.15, 0.2) is 6.10 Å². The van der Waals surface area contributed by atoms with Crippen molar-refractivity contribution in [3.8, 4) is 0 Å². The molecule has 1 heterocycles. The predicted molar refractivity (Wildman–Crippen MR) is 47.1 cm³/mol. The SMILES string of the molecule is Cc1nc(C(=O)NCC(O)C(=O)O)n[nH]1. The van der Waals surface area contributed by atoms with E-state index in [0.717, 1.165) is 0 Å². The first kappa shape index (κ1) is 11.1. The molecule has 4 N–H and O–H groups in total. The van der Waals surface area contributed by atoms with Crippen molar-refractivity contribution >= 4 is 11.9 Å². The largest absolute Gasteiger partial charge is 0.479 e. The maximum atomic E-state index is 11.2. The van der Waals surface area contributed by atoms with Crippen molar-refractivity contribution in [1.29, 1.82) is 0 Å². The summed E-state index contributed by atoms with van der Waals surface area (Å²) in [6.45, 7) is 1.23. The van der Waals surface area contributed by atoms with Gasteiger partial charge in [-0.3, -0.25) is 9.89 Å². The normalized spacial score (nSPS) is 12.1. The molecule has 0 radical (unpaired) electrons. The van der Waals surface area contributed by atoms with Crippen molar-refractivity contribution in [3.05, 3.63) is 11.6 Å². The van der Waals surface area contributed by atoms with Gasteiger partial charge < -0.3 is 15.5 Å². The molecule has 15 heavy (non-hydrogen) atoms. The molecule has 1 aromatic rings. The minimum atomic E-state index is -1.63. The summed E-state index contributed by atoms with van der Waals surface area (Å²) in [5.41, 5.74) is 0. The van der Waals surface area contributed by atoms with Crippen molar-refractivity contribution < 1.29 is 19.8 Å². The van der Waals surface area contributed by atoms with Gasteiger partial charge in [0.05, 0.1) is 6.54 Å². The zero-order valence-corrected chi connectivity index (χ0v) is 7.89. The number of aliphatic hydroxyl groups is 1. The lowest BCUT2D eigenvalue weighted by molar-refractivity contribution is -0.146. The van der Waals surface area contributed by atoms with Crippen LogP contribution in [0.25, 0.3) is 0 Å². The van der Waals surface area contributed by atoms with E-state index in [1.54, 1.807) is 6.92 Å². The maximum Gasteiger partial charge on any atom is 0.334 e. The minimum absolute atomic E-state index is 0.0925. The number of amides is 1. The van der Waals surface area contributed by atoms with Gasteiger partial charge in [-0.25, -0.2) is 9.78 Å². The van der Waals surface area contributed by atoms with E-state index in [1.807, 2.05) is 0 Å². The molecule has 0 bridgehead atoms. The van der Waals surface area contributed by atoms with Gasteiger partial charge in [0.2, 0.25) is 5.82 Å². The quantitative estimate of drug-likeness (QED) is 0.472. The molecule has 8 heteroatoms. The van der Waals surface area contributed by atoms with Gasteiger partial charge in [0.25, 0.3) is 5.91 Å². The van der Waals surface area contributed by atoms with Crippen molar-refractivity contribution in [2.24, 2.45) is 0 Å². The summed E-state index contributed by atoms with van der Waals surface area (Å²) in [5, 5.41) is 25.4. The maximum absolute atomic E-state index is 11.2. The van der Waals surface area contributed by atoms with E-state index in [4.69, 9.17) is 10.2 Å². The van der Waals surface area contributed by atoms with Crippen LogP contribution in [-0.4, -0.2) is 49.9 Å². The number of aromatic amines is 1. The van der Waals surface area contributed by atoms with E-state index in [1.165, 1.54) is 0 Å². The minimum Gasteiger partial charge on any atom is -0.479 e. The van der Waals surface area contributed by atoms with Gasteiger partial charge >= 0.3 is 5.97 Å². The van der Waals surface area contributed by atoms with E-state index < -0.39 is 18.0 Å². The van der Waals surface area contributed by atoms with Gasteiger partial charge in [-0.1, -0.05) is 0 Å². The number of carboxylic acids is 1. The third kappa shape index (κ3) is 3.02. The number of aliphatic hydroxyl groups excluding tert-OH is 1. The number of aryl methyl sites for hydroxylation is 1. The fraction of sp³-hybridized carbons (Fsp3) is 0.429. The summed E-state index contributed by atoms with van der Waals surface area (Å²) < 4.78 is 0. The van der Waals surface area contributed by atoms with E-state index in [9.17, 15) is 9.59 Å². The second-order valence-electron chi connectivity index (χ2n) is 2.81. The number of nitrogens with one attached hydrogen (secondary N) is 2. The first-order valence-corrected chi connectivity index (χ1v) is 4.08. The average molecular weight is 214 g/mol. The highest BCUT2D eigenvalue weighted by atomic mass is 16.4. The third-order valence-electron chi connectivity index (χ3n) is 1.54. The zero-order chi connectivity index (χ0) is 11.4. The molecular weight excluding hydrogens is 204 g/mol. The Labute approximate surface area is 84.3 Å². The zero-order valence-electron chi connectivity index (χ0n) is 7.89. The highest BCUT2D eigenvalue weighted by Crippen LogP contribution is 1.90. The number of aromatic nitrogens is 3. The lowest BCUT2D eigenvalue weighted by Gasteiger charge is -2.05. The summed E-state index contributed by atoms with van der Waals surface area (Å²) in [6, 6.07) is 0. The second-order valence-corrected chi connectivity index (χ2v) is 2.81. The Morgan fingerprint density at radius 3 is 2.73 bits per heavy atom. The van der Waals surface area contributed by atoms with Crippen LogP contribution < -0.4 is 5.32 Å². The van der Waals surface area contributed by atoms with Crippen molar-refractivity contribution in [3.63, 3.8) is 0 Å². The Hall–Kier alpha value is -1.96. The monoisotopic (exact) mass is 214 g/mol. The molecule has 82 valence electrons. The number of hydrogen-bond donors (Lipinski definition) is 4. The number of hydrogen-bond acceptors (Lipinski definition) is 5. The van der Waals surface area contributed by atoms with Gasteiger partial charge in [0, 0.05) is 0 Å². The van der Waals surface area contributed by atoms with Gasteiger partial charge in [0.1, 0.15) is 5.82 Å². The molecule has 0 spiro atoms. The predicted octanol–water partition coefficient (Wildman–Crippen LogP) is -1.71. The Bertz CT molecular complexity index is 375. The molecule has 1 aromatic heterocycles. The number of carbonyl (C=O) groups is 2. The second kappa shape index (κ2) is 4.51. The number of H-pyrrole nitrogens is 1. The van der Waals surface area contributed by atoms with E-state index in [2.05, 4.69) is 20.5 Å². The molecule has 0 saturated carbocycles. The molecule has 1 amide bonds. The molecule has 0 aliphatic rings. The van der Waals surface area contributed by atoms with Crippen LogP contribution in [-0.2, 0) is 4.79 Å². The standard InChI is InChI=1S/C7H10N4O4/c1-3-9-5(11-10-3)6(13)8-2-4(12)7(14)15/h4,12H,2H2,1H3,(H,8,13)(H,14,15)(H,9,10,11). The molecule has 1 atom stereocenters. The van der Waals surface area contributed by atoms with Crippen LogP contribution in [0.1, 0.15) is 16.4 Å². The van der Waals surface area contributed by atoms with E-state index in [0.29, 0.717) is 5.82 Å². The lowest BCUT2D eigenvalue weighted by atomic mass is 10.3. The highest BCUT2D eigenvalue weighted by Gasteiger charge is 2.16. The van der Waals surface area contributed by atoms with Gasteiger partial charge in [-0.2, -0.15) is 0 Å². The number of carbonyl (C=O) groups excluding carboxylic acids is 1. The number of carboxylic acid groups (broad SMARTS) is 1. The topological polar surface area (TPSA) is 128 Å². The van der Waals surface area contributed by atoms with Crippen LogP contribution in [0, 0.1) is 6.92 Å². The molecule has 0 aliphatic heterocycles. The molecule has 1 unspecified atom stereocenters. The van der Waals surface area contributed by atoms with Crippen LogP contribution in [0.4, 0.5) is 0 Å². The highest BCUT2D eigenvalue weighted by molar-refractivity contribution is 5.90. The van der Waals surface area contributed by atoms with Crippen LogP contribution in [0.15, 0.2) is 0 Å². The third-order valence-corrected chi connectivity index (χ3v) is 1.54. The molecule has 0 fully saturated rings. The first-order valence-electron chi connectivity index (χ1n) is 4.08. The summed E-state index contributed by atoms with van der Waals surface area (Å²) >= 11 is 0. The van der Waals surface area contributed by atoms with Crippen LogP contribution in [0.5, 0.6) is 0 Å². The number of rotatable bonds is 4. The Morgan fingerprint density at radius 1 is 1.60 bits per heavy atom. The Kier molecular flexibility index (Phi) is 3.34. The molecule has 0 saturated heterocycles. The Morgan fingerprint density at radius 2 is 2.27 bits per heavy atom. The molecule has 0 aromatic carbocycles. The Balaban J connectivity index is 2.47. The molecule has 1 rings (SSSR count). The van der Waals surface area contributed by atoms with Gasteiger partial charge in [-0.15, -0.1) is 5.10 Å². The molecule has 0 aliphatic carbocycles. The molecule has 8 nitrogen and oxygen atoms in total. The number of nitrogens with zero attached hydrogens (tertiary/aromatic N) is 2. The average Bonchev–Trinajstić information content (AvgIpc) is 2.60. The van der Waals surface area contributed by atoms with Crippen LogP contribution >= 0.6 is 0 Å². The van der Waals surface area contributed by atoms with Gasteiger partial charge in [-0.05, 0) is 6.92 Å². The number of aliphatic carboxylic acids is 1. The summed E-state index contributed by atoms with van der Waals surface area (Å²) in [4.78, 5) is 25.2. The summed E-state index contributed by atoms with van der Waals surface area (Å²) in [7, 11) is 0. The fourth-order valence-electron chi connectivity index (χ4n) is 0.800. The van der Waals surface area contributed by atoms with Crippen molar-refractivity contribution in [2.75, 3.05) is 6.54 Å². The van der Waals surface area contributed by atoms with Crippen LogP contribution in [0.2, 0.25) is 0 Å². The van der Waals surface area contributed by atoms with Crippen LogP contribution in [0.3, 0.4) is 0 Å². The smallest absolute Gasteiger partial charge is 0.334 e. The van der Waals surface area contributed by atoms with E-state index in [-0.39, 0.29) is 12.4 Å². The first-order chi connectivity index (χ1) is 7.00. The van der Waals surface area contributed by atoms with Crippen molar-refractivity contribution in [2.45, 2.75) is 13.0 Å². The summed E-state index contributed by atoms with van der Waals surface area (Å²) in [6.07, 6.45) is -1.63. The van der Waals surface area contributed by atoms with Crippen molar-refractivity contribution in [1.82, 2.24) is 20.5 Å². The molecular formula is C7H10N4O4. The van der Waals surface area contributed by atoms with E-state index >= 15 is 0 Å². The summed E-state index contributed by atoms with van der Waals surface area (Å²) in [5.74, 6) is -1.66.